The highest BCUT2D eigenvalue weighted by molar-refractivity contribution is 7.13. The number of rotatable bonds is 4. The molecule has 0 aliphatic carbocycles. The van der Waals surface area contributed by atoms with Gasteiger partial charge in [0.2, 0.25) is 0 Å². The summed E-state index contributed by atoms with van der Waals surface area (Å²) in [4.78, 5) is 20.6. The fourth-order valence-electron chi connectivity index (χ4n) is 3.68. The van der Waals surface area contributed by atoms with E-state index in [2.05, 4.69) is 43.7 Å². The van der Waals surface area contributed by atoms with Crippen LogP contribution in [0, 0.1) is 12.1 Å². The van der Waals surface area contributed by atoms with E-state index in [9.17, 15) is 0 Å². The van der Waals surface area contributed by atoms with Crippen molar-refractivity contribution in [1.29, 1.82) is 0 Å². The minimum Gasteiger partial charge on any atom is -0.371 e. The van der Waals surface area contributed by atoms with E-state index in [1.54, 1.807) is 17.5 Å². The fourth-order valence-corrected chi connectivity index (χ4v) is 4.42. The lowest BCUT2D eigenvalue weighted by Crippen LogP contribution is -2.07. The zero-order valence-electron chi connectivity index (χ0n) is 17.3. The number of pyridine rings is 2. The van der Waals surface area contributed by atoms with E-state index in [1.165, 1.54) is 0 Å². The first-order chi connectivity index (χ1) is 15.7. The Morgan fingerprint density at radius 1 is 1.03 bits per heavy atom. The molecular formula is C24H17N7S. The normalized spacial score (nSPS) is 11.2. The van der Waals surface area contributed by atoms with Crippen molar-refractivity contribution in [3.05, 3.63) is 66.3 Å². The molecule has 2 N–H and O–H groups in total. The van der Waals surface area contributed by atoms with Crippen LogP contribution in [0.5, 0.6) is 0 Å². The van der Waals surface area contributed by atoms with Crippen LogP contribution in [0.1, 0.15) is 0 Å². The molecule has 6 aromatic rings. The maximum absolute atomic E-state index is 4.91. The number of imidazole rings is 1. The van der Waals surface area contributed by atoms with Crippen molar-refractivity contribution in [2.45, 2.75) is 0 Å². The van der Waals surface area contributed by atoms with Crippen molar-refractivity contribution in [3.8, 4) is 33.2 Å². The second kappa shape index (κ2) is 7.18. The molecule has 5 aromatic heterocycles. The monoisotopic (exact) mass is 435 g/mol. The Kier molecular flexibility index (Phi) is 4.16. The van der Waals surface area contributed by atoms with E-state index in [0.717, 1.165) is 49.5 Å². The molecule has 0 saturated heterocycles. The first kappa shape index (κ1) is 18.5. The predicted octanol–water partition coefficient (Wildman–Crippen LogP) is 4.96. The summed E-state index contributed by atoms with van der Waals surface area (Å²) < 4.78 is 0. The van der Waals surface area contributed by atoms with Gasteiger partial charge in [-0.2, -0.15) is 5.10 Å². The number of aromatic amines is 2. The number of hydrogen-bond acceptors (Lipinski definition) is 6. The van der Waals surface area contributed by atoms with Crippen molar-refractivity contribution < 1.29 is 0 Å². The molecule has 0 amide bonds. The first-order valence-corrected chi connectivity index (χ1v) is 10.9. The topological polar surface area (TPSA) is 86.4 Å². The minimum absolute atomic E-state index is 0.656. The average Bonchev–Trinajstić information content (AvgIpc) is 3.57. The van der Waals surface area contributed by atoms with Crippen LogP contribution < -0.4 is 4.90 Å². The van der Waals surface area contributed by atoms with Gasteiger partial charge in [0, 0.05) is 36.3 Å². The van der Waals surface area contributed by atoms with Crippen LogP contribution in [-0.4, -0.2) is 44.2 Å². The van der Waals surface area contributed by atoms with Gasteiger partial charge in [0.1, 0.15) is 11.0 Å². The van der Waals surface area contributed by atoms with Crippen LogP contribution in [0.25, 0.3) is 55.3 Å². The molecule has 0 aliphatic rings. The van der Waals surface area contributed by atoms with Crippen LogP contribution in [0.15, 0.2) is 54.2 Å². The zero-order chi connectivity index (χ0) is 21.7. The molecule has 0 spiro atoms. The Hall–Kier alpha value is -4.22. The standard InChI is InChI=1S/C24H17N7S/c1-31(2)15-6-3-5-14(11-15)17-8-9-18-22(26-17)23(30-29-18)24-27-19-13-25-12-16(21(19)28-24)20-7-4-10-32-20/h4-5,7-13H,1-2H3,(H,27,28)(H,29,30). The number of nitrogens with zero attached hydrogens (tertiary/aromatic N) is 5. The lowest BCUT2D eigenvalue weighted by Gasteiger charge is -2.10. The van der Waals surface area contributed by atoms with E-state index < -0.39 is 0 Å². The van der Waals surface area contributed by atoms with Crippen molar-refractivity contribution in [2.75, 3.05) is 19.0 Å². The largest absolute Gasteiger partial charge is 0.371 e. The Balaban J connectivity index is 1.49. The summed E-state index contributed by atoms with van der Waals surface area (Å²) in [5.41, 5.74) is 7.76. The number of nitrogens with one attached hydrogen (secondary N) is 2. The van der Waals surface area contributed by atoms with Gasteiger partial charge in [-0.15, -0.1) is 11.3 Å². The van der Waals surface area contributed by atoms with Crippen molar-refractivity contribution in [2.24, 2.45) is 0 Å². The highest BCUT2D eigenvalue weighted by atomic mass is 32.1. The molecule has 154 valence electrons. The van der Waals surface area contributed by atoms with Gasteiger partial charge in [-0.05, 0) is 41.8 Å². The number of anilines is 1. The molecule has 32 heavy (non-hydrogen) atoms. The molecule has 0 bridgehead atoms. The van der Waals surface area contributed by atoms with Gasteiger partial charge in [0.15, 0.2) is 11.5 Å². The molecule has 0 saturated carbocycles. The number of aromatic nitrogens is 6. The molecule has 1 aromatic carbocycles. The summed E-state index contributed by atoms with van der Waals surface area (Å²) in [5, 5.41) is 9.64. The van der Waals surface area contributed by atoms with E-state index in [0.29, 0.717) is 11.5 Å². The Labute approximate surface area is 187 Å². The summed E-state index contributed by atoms with van der Waals surface area (Å²) >= 11 is 1.67. The van der Waals surface area contributed by atoms with Gasteiger partial charge >= 0.3 is 0 Å². The average molecular weight is 436 g/mol. The van der Waals surface area contributed by atoms with Crippen LogP contribution in [0.3, 0.4) is 0 Å². The van der Waals surface area contributed by atoms with Crippen molar-refractivity contribution >= 4 is 39.1 Å². The molecular weight excluding hydrogens is 418 g/mol. The minimum atomic E-state index is 0.656. The highest BCUT2D eigenvalue weighted by Gasteiger charge is 2.17. The lowest BCUT2D eigenvalue weighted by atomic mass is 10.1. The molecule has 5 heterocycles. The zero-order valence-corrected chi connectivity index (χ0v) is 18.2. The lowest BCUT2D eigenvalue weighted by molar-refractivity contribution is 1.10. The maximum atomic E-state index is 4.91. The fraction of sp³-hybridized carbons (Fsp3) is 0.0833. The van der Waals surface area contributed by atoms with Gasteiger partial charge in [-0.25, -0.2) is 9.97 Å². The summed E-state index contributed by atoms with van der Waals surface area (Å²) in [6.07, 6.45) is 3.64. The summed E-state index contributed by atoms with van der Waals surface area (Å²) in [7, 11) is 3.96. The highest BCUT2D eigenvalue weighted by Crippen LogP contribution is 2.33. The summed E-state index contributed by atoms with van der Waals surface area (Å²) in [5.74, 6) is 0.656. The van der Waals surface area contributed by atoms with E-state index in [-0.39, 0.29) is 0 Å². The SMILES string of the molecule is CN(C)c1c#ccc(-c2ccc3[nH]nc(-c4nc5c(-c6cccs6)cncc5[nH]4)c3n2)c1. The Morgan fingerprint density at radius 3 is 2.81 bits per heavy atom. The van der Waals surface area contributed by atoms with Crippen LogP contribution in [-0.2, 0) is 0 Å². The smallest absolute Gasteiger partial charge is 0.161 e. The number of H-pyrrole nitrogens is 2. The van der Waals surface area contributed by atoms with E-state index >= 15 is 0 Å². The first-order valence-electron chi connectivity index (χ1n) is 10.0. The number of fused-ring (bicyclic) bond motifs is 2. The van der Waals surface area contributed by atoms with Crippen molar-refractivity contribution in [3.63, 3.8) is 0 Å². The quantitative estimate of drug-likeness (QED) is 0.409. The van der Waals surface area contributed by atoms with Crippen molar-refractivity contribution in [1.82, 2.24) is 30.1 Å². The summed E-state index contributed by atoms with van der Waals surface area (Å²) in [6.45, 7) is 0. The molecule has 8 heteroatoms. The van der Waals surface area contributed by atoms with Crippen LogP contribution in [0.4, 0.5) is 5.69 Å². The second-order valence-corrected chi connectivity index (χ2v) is 8.55. The third-order valence-corrected chi connectivity index (χ3v) is 6.21. The molecule has 0 radical (unpaired) electrons. The van der Waals surface area contributed by atoms with Gasteiger partial charge in [0.25, 0.3) is 0 Å². The molecule has 0 fully saturated rings. The number of thiophene rings is 1. The predicted molar refractivity (Wildman–Crippen MR) is 128 cm³/mol. The number of hydrogen-bond donors (Lipinski definition) is 2. The van der Waals surface area contributed by atoms with E-state index in [4.69, 9.17) is 9.97 Å². The molecule has 0 atom stereocenters. The Bertz CT molecular complexity index is 1560. The molecule has 7 nitrogen and oxygen atoms in total. The molecule has 6 rings (SSSR count). The van der Waals surface area contributed by atoms with Gasteiger partial charge in [0.05, 0.1) is 28.6 Å². The van der Waals surface area contributed by atoms with Crippen LogP contribution >= 0.6 is 11.3 Å². The summed E-state index contributed by atoms with van der Waals surface area (Å²) in [6, 6.07) is 18.2. The Morgan fingerprint density at radius 2 is 1.97 bits per heavy atom. The molecule has 0 aliphatic heterocycles. The van der Waals surface area contributed by atoms with Gasteiger partial charge in [-0.1, -0.05) is 12.1 Å². The van der Waals surface area contributed by atoms with E-state index in [1.807, 2.05) is 55.5 Å². The maximum Gasteiger partial charge on any atom is 0.161 e. The third kappa shape index (κ3) is 2.99. The van der Waals surface area contributed by atoms with Crippen LogP contribution in [0.2, 0.25) is 0 Å². The second-order valence-electron chi connectivity index (χ2n) is 7.60. The third-order valence-electron chi connectivity index (χ3n) is 5.31. The van der Waals surface area contributed by atoms with Gasteiger partial charge in [-0.3, -0.25) is 10.1 Å². The molecule has 0 unspecified atom stereocenters. The van der Waals surface area contributed by atoms with Gasteiger partial charge < -0.3 is 9.88 Å².